The van der Waals surface area contributed by atoms with Gasteiger partial charge < -0.3 is 15.4 Å². The lowest BCUT2D eigenvalue weighted by Gasteiger charge is -2.14. The monoisotopic (exact) mass is 324 g/mol. The fourth-order valence-electron chi connectivity index (χ4n) is 3.59. The standard InChI is InChI=1S/C19H24N4O/c1-12-9-15-10-14(3-4-18(15)24-12)11-21-19-16-5-7-20-8-6-17(16)22-13(2)23-19/h3-4,10,12,20H,5-9,11H2,1-2H3,(H,21,22,23)/t12-/m1/s1. The van der Waals surface area contributed by atoms with Crippen LogP contribution in [0.2, 0.25) is 0 Å². The van der Waals surface area contributed by atoms with Gasteiger partial charge in [-0.15, -0.1) is 0 Å². The maximum absolute atomic E-state index is 5.78. The molecule has 0 amide bonds. The van der Waals surface area contributed by atoms with Crippen molar-refractivity contribution in [2.45, 2.75) is 45.8 Å². The molecule has 24 heavy (non-hydrogen) atoms. The Morgan fingerprint density at radius 2 is 2.12 bits per heavy atom. The molecule has 0 unspecified atom stereocenters. The minimum atomic E-state index is 0.288. The van der Waals surface area contributed by atoms with E-state index in [-0.39, 0.29) is 6.10 Å². The van der Waals surface area contributed by atoms with E-state index >= 15 is 0 Å². The molecule has 2 aliphatic heterocycles. The Kier molecular flexibility index (Phi) is 4.10. The van der Waals surface area contributed by atoms with Crippen molar-refractivity contribution in [2.24, 2.45) is 0 Å². The normalized spacial score (nSPS) is 19.2. The number of rotatable bonds is 3. The molecule has 0 spiro atoms. The Morgan fingerprint density at radius 1 is 1.25 bits per heavy atom. The number of ether oxygens (including phenoxy) is 1. The van der Waals surface area contributed by atoms with Crippen LogP contribution < -0.4 is 15.4 Å². The zero-order valence-corrected chi connectivity index (χ0v) is 14.4. The van der Waals surface area contributed by atoms with Crippen LogP contribution in [-0.4, -0.2) is 29.2 Å². The van der Waals surface area contributed by atoms with Gasteiger partial charge in [0.2, 0.25) is 0 Å². The van der Waals surface area contributed by atoms with Crippen LogP contribution in [0.15, 0.2) is 18.2 Å². The fourth-order valence-corrected chi connectivity index (χ4v) is 3.59. The van der Waals surface area contributed by atoms with Crippen molar-refractivity contribution in [3.63, 3.8) is 0 Å². The lowest BCUT2D eigenvalue weighted by atomic mass is 10.1. The number of nitrogens with zero attached hydrogens (tertiary/aromatic N) is 2. The van der Waals surface area contributed by atoms with Gasteiger partial charge in [0.1, 0.15) is 23.5 Å². The molecule has 1 atom stereocenters. The first kappa shape index (κ1) is 15.4. The van der Waals surface area contributed by atoms with Crippen LogP contribution in [0.25, 0.3) is 0 Å². The van der Waals surface area contributed by atoms with Gasteiger partial charge in [-0.05, 0) is 44.0 Å². The quantitative estimate of drug-likeness (QED) is 0.908. The van der Waals surface area contributed by atoms with Gasteiger partial charge in [0.05, 0.1) is 5.69 Å². The summed E-state index contributed by atoms with van der Waals surface area (Å²) >= 11 is 0. The molecule has 0 saturated heterocycles. The minimum absolute atomic E-state index is 0.288. The van der Waals surface area contributed by atoms with Gasteiger partial charge in [0.25, 0.3) is 0 Å². The summed E-state index contributed by atoms with van der Waals surface area (Å²) in [4.78, 5) is 9.29. The molecular weight excluding hydrogens is 300 g/mol. The lowest BCUT2D eigenvalue weighted by molar-refractivity contribution is 0.254. The second-order valence-electron chi connectivity index (χ2n) is 6.72. The zero-order valence-electron chi connectivity index (χ0n) is 14.4. The molecule has 4 rings (SSSR count). The first-order valence-electron chi connectivity index (χ1n) is 8.78. The molecule has 2 N–H and O–H groups in total. The maximum atomic E-state index is 5.78. The predicted molar refractivity (Wildman–Crippen MR) is 94.6 cm³/mol. The van der Waals surface area contributed by atoms with E-state index < -0.39 is 0 Å². The number of aryl methyl sites for hydroxylation is 1. The van der Waals surface area contributed by atoms with Gasteiger partial charge in [-0.2, -0.15) is 0 Å². The topological polar surface area (TPSA) is 59.1 Å². The van der Waals surface area contributed by atoms with Crippen LogP contribution in [0.1, 0.15) is 35.1 Å². The molecule has 5 heteroatoms. The van der Waals surface area contributed by atoms with E-state index in [1.807, 2.05) is 6.92 Å². The van der Waals surface area contributed by atoms with Gasteiger partial charge in [-0.1, -0.05) is 12.1 Å². The third-order valence-electron chi connectivity index (χ3n) is 4.72. The van der Waals surface area contributed by atoms with Crippen molar-refractivity contribution < 1.29 is 4.74 Å². The van der Waals surface area contributed by atoms with E-state index in [0.29, 0.717) is 0 Å². The van der Waals surface area contributed by atoms with E-state index in [0.717, 1.165) is 56.3 Å². The van der Waals surface area contributed by atoms with Crippen molar-refractivity contribution in [1.29, 1.82) is 0 Å². The van der Waals surface area contributed by atoms with Crippen molar-refractivity contribution in [1.82, 2.24) is 15.3 Å². The molecular formula is C19H24N4O. The van der Waals surface area contributed by atoms with Crippen LogP contribution >= 0.6 is 0 Å². The van der Waals surface area contributed by atoms with Crippen LogP contribution in [0.4, 0.5) is 5.82 Å². The summed E-state index contributed by atoms with van der Waals surface area (Å²) in [6, 6.07) is 6.48. The van der Waals surface area contributed by atoms with Gasteiger partial charge >= 0.3 is 0 Å². The van der Waals surface area contributed by atoms with Crippen LogP contribution in [0, 0.1) is 6.92 Å². The highest BCUT2D eigenvalue weighted by Crippen LogP contribution is 2.29. The average molecular weight is 324 g/mol. The molecule has 1 aromatic carbocycles. The third kappa shape index (κ3) is 3.08. The fraction of sp³-hybridized carbons (Fsp3) is 0.474. The van der Waals surface area contributed by atoms with Gasteiger partial charge in [-0.25, -0.2) is 9.97 Å². The predicted octanol–water partition coefficient (Wildman–Crippen LogP) is 2.41. The summed E-state index contributed by atoms with van der Waals surface area (Å²) in [6.07, 6.45) is 3.24. The van der Waals surface area contributed by atoms with Crippen molar-refractivity contribution in [2.75, 3.05) is 18.4 Å². The van der Waals surface area contributed by atoms with Crippen molar-refractivity contribution >= 4 is 5.82 Å². The molecule has 1 aromatic heterocycles. The Bertz CT molecular complexity index is 759. The Labute approximate surface area is 142 Å². The highest BCUT2D eigenvalue weighted by atomic mass is 16.5. The van der Waals surface area contributed by atoms with Crippen LogP contribution in [0.3, 0.4) is 0 Å². The number of hydrogen-bond acceptors (Lipinski definition) is 5. The number of aromatic nitrogens is 2. The van der Waals surface area contributed by atoms with E-state index in [1.54, 1.807) is 0 Å². The Balaban J connectivity index is 1.54. The SMILES string of the molecule is Cc1nc2c(c(NCc3ccc4c(c3)C[C@@H](C)O4)n1)CCNCC2. The summed E-state index contributed by atoms with van der Waals surface area (Å²) in [6.45, 7) is 6.84. The number of nitrogens with one attached hydrogen (secondary N) is 2. The molecule has 0 fully saturated rings. The van der Waals surface area contributed by atoms with E-state index in [2.05, 4.69) is 45.7 Å². The van der Waals surface area contributed by atoms with Crippen LogP contribution in [0.5, 0.6) is 5.75 Å². The number of anilines is 1. The molecule has 5 nitrogen and oxygen atoms in total. The van der Waals surface area contributed by atoms with Crippen molar-refractivity contribution in [3.05, 3.63) is 46.4 Å². The molecule has 0 bridgehead atoms. The maximum Gasteiger partial charge on any atom is 0.133 e. The number of fused-ring (bicyclic) bond motifs is 2. The largest absolute Gasteiger partial charge is 0.490 e. The molecule has 0 saturated carbocycles. The zero-order chi connectivity index (χ0) is 16.5. The van der Waals surface area contributed by atoms with Crippen molar-refractivity contribution in [3.8, 4) is 5.75 Å². The van der Waals surface area contributed by atoms with Crippen LogP contribution in [-0.2, 0) is 25.8 Å². The number of hydrogen-bond donors (Lipinski definition) is 2. The van der Waals surface area contributed by atoms with E-state index in [4.69, 9.17) is 4.74 Å². The molecule has 0 aliphatic carbocycles. The van der Waals surface area contributed by atoms with Gasteiger partial charge in [0, 0.05) is 31.5 Å². The highest BCUT2D eigenvalue weighted by Gasteiger charge is 2.19. The molecule has 126 valence electrons. The van der Waals surface area contributed by atoms with E-state index in [9.17, 15) is 0 Å². The lowest BCUT2D eigenvalue weighted by Crippen LogP contribution is -2.16. The second kappa shape index (κ2) is 6.40. The molecule has 2 aliphatic rings. The van der Waals surface area contributed by atoms with E-state index in [1.165, 1.54) is 22.4 Å². The Hall–Kier alpha value is -2.14. The first-order valence-corrected chi connectivity index (χ1v) is 8.78. The summed E-state index contributed by atoms with van der Waals surface area (Å²) in [5.74, 6) is 2.87. The van der Waals surface area contributed by atoms with Gasteiger partial charge in [0.15, 0.2) is 0 Å². The summed E-state index contributed by atoms with van der Waals surface area (Å²) in [7, 11) is 0. The number of benzene rings is 1. The smallest absolute Gasteiger partial charge is 0.133 e. The highest BCUT2D eigenvalue weighted by molar-refractivity contribution is 5.49. The van der Waals surface area contributed by atoms with Gasteiger partial charge in [-0.3, -0.25) is 0 Å². The Morgan fingerprint density at radius 3 is 3.04 bits per heavy atom. The second-order valence-corrected chi connectivity index (χ2v) is 6.72. The molecule has 3 heterocycles. The first-order chi connectivity index (χ1) is 11.7. The third-order valence-corrected chi connectivity index (χ3v) is 4.72. The molecule has 0 radical (unpaired) electrons. The summed E-state index contributed by atoms with van der Waals surface area (Å²) in [5.41, 5.74) is 5.03. The summed E-state index contributed by atoms with van der Waals surface area (Å²) < 4.78 is 5.78. The molecule has 2 aromatic rings. The summed E-state index contributed by atoms with van der Waals surface area (Å²) in [5, 5.41) is 6.98. The minimum Gasteiger partial charge on any atom is -0.490 e. The average Bonchev–Trinajstić information content (AvgIpc) is 2.76.